The number of fused-ring (bicyclic) bond motifs is 2. The molecule has 68 heavy (non-hydrogen) atoms. The second kappa shape index (κ2) is 26.0. The molecule has 368 valence electrons. The third-order valence-electron chi connectivity index (χ3n) is 13.2. The van der Waals surface area contributed by atoms with E-state index >= 15 is 0 Å². The number of unbranched alkanes of at least 4 members (excludes halogenated alkanes) is 2. The van der Waals surface area contributed by atoms with Gasteiger partial charge in [0.25, 0.3) is 0 Å². The summed E-state index contributed by atoms with van der Waals surface area (Å²) in [5.41, 5.74) is 3.83. The van der Waals surface area contributed by atoms with Crippen LogP contribution in [0.15, 0.2) is 102 Å². The highest BCUT2D eigenvalue weighted by Crippen LogP contribution is 2.62. The quantitative estimate of drug-likeness (QED) is 0.0289. The van der Waals surface area contributed by atoms with Crippen LogP contribution >= 0.6 is 0 Å². The lowest BCUT2D eigenvalue weighted by Gasteiger charge is -2.59. The predicted octanol–water partition coefficient (Wildman–Crippen LogP) is 8.12. The maximum absolute atomic E-state index is 14.8. The van der Waals surface area contributed by atoms with E-state index in [1.807, 2.05) is 48.5 Å². The van der Waals surface area contributed by atoms with Crippen LogP contribution in [0.2, 0.25) is 0 Å². The van der Waals surface area contributed by atoms with Crippen LogP contribution in [0, 0.1) is 17.8 Å². The van der Waals surface area contributed by atoms with Gasteiger partial charge in [0.2, 0.25) is 12.1 Å². The number of amides is 1. The molecule has 2 heterocycles. The smallest absolute Gasteiger partial charge is 0.410 e. The van der Waals surface area contributed by atoms with Gasteiger partial charge in [-0.25, -0.2) is 4.79 Å². The van der Waals surface area contributed by atoms with E-state index in [9.17, 15) is 24.9 Å². The van der Waals surface area contributed by atoms with E-state index in [0.29, 0.717) is 61.0 Å². The van der Waals surface area contributed by atoms with E-state index in [1.165, 1.54) is 0 Å². The number of aliphatic hydroxyl groups excluding tert-OH is 3. The van der Waals surface area contributed by atoms with Crippen molar-refractivity contribution in [1.29, 1.82) is 0 Å². The van der Waals surface area contributed by atoms with Crippen molar-refractivity contribution < 1.29 is 62.9 Å². The van der Waals surface area contributed by atoms with Crippen LogP contribution in [0.5, 0.6) is 17.2 Å². The second-order valence-electron chi connectivity index (χ2n) is 17.6. The first kappa shape index (κ1) is 50.7. The fourth-order valence-corrected chi connectivity index (χ4v) is 10.2. The van der Waals surface area contributed by atoms with E-state index in [4.69, 9.17) is 43.2 Å². The summed E-state index contributed by atoms with van der Waals surface area (Å²) in [6, 6.07) is 21.5. The highest BCUT2D eigenvalue weighted by atomic mass is 16.8. The van der Waals surface area contributed by atoms with Gasteiger partial charge in [-0.15, -0.1) is 6.58 Å². The standard InChI is InChI=1S/C53H68N2O13/c1-2-26-65-53-48(55(22-28-61-29-25-58)52(60)64-31-30-62-37-38-13-4-3-5-14-38)35-46(54-68-49-19-8-11-27-63-49)44-33-40(16-6-9-23-56)43(18-7-10-24-57)50(51(44)53)45-34-42(20-21-47(45)67-53)66-41-17-12-15-39(32-41)36-59/h2-5,12-15,17,20-21,32-34,36,40,43,48-51,56-58H,1,6-11,16,18-19,22-31,35,37H2. The Morgan fingerprint density at radius 2 is 1.71 bits per heavy atom. The van der Waals surface area contributed by atoms with Crippen LogP contribution in [0.1, 0.15) is 91.6 Å². The monoisotopic (exact) mass is 940 g/mol. The van der Waals surface area contributed by atoms with Gasteiger partial charge in [-0.2, -0.15) is 0 Å². The molecule has 7 rings (SSSR count). The molecule has 7 atom stereocenters. The number of rotatable bonds is 27. The largest absolute Gasteiger partial charge is 0.459 e. The zero-order valence-electron chi connectivity index (χ0n) is 39.0. The van der Waals surface area contributed by atoms with E-state index in [1.54, 1.807) is 35.2 Å². The summed E-state index contributed by atoms with van der Waals surface area (Å²) in [6.07, 6.45) is 10.5. The van der Waals surface area contributed by atoms with Crippen molar-refractivity contribution in [2.45, 2.75) is 94.9 Å². The average molecular weight is 941 g/mol. The average Bonchev–Trinajstić information content (AvgIpc) is 3.37. The molecule has 15 heteroatoms. The molecule has 2 aliphatic carbocycles. The molecular weight excluding hydrogens is 873 g/mol. The van der Waals surface area contributed by atoms with E-state index in [-0.39, 0.29) is 83.6 Å². The van der Waals surface area contributed by atoms with Crippen LogP contribution in [0.25, 0.3) is 0 Å². The Kier molecular flexibility index (Phi) is 19.4. The zero-order valence-corrected chi connectivity index (χ0v) is 39.0. The Bertz CT molecular complexity index is 2130. The first-order chi connectivity index (χ1) is 33.4. The molecular formula is C53H68N2O13. The Labute approximate surface area is 399 Å². The first-order valence-corrected chi connectivity index (χ1v) is 24.3. The molecule has 2 fully saturated rings. The SMILES string of the molecule is C=CCOC12Oc3ccc(Oc4cccc(C=O)c4)cc3C3C(CCCCO)C(CCCCO)C=C(C(=NOC4CCCCO4)CC1N(CCOCCO)C(=O)OCCOCc1ccccc1)C32. The molecule has 7 unspecified atom stereocenters. The molecule has 1 saturated carbocycles. The summed E-state index contributed by atoms with van der Waals surface area (Å²) in [7, 11) is 0. The van der Waals surface area contributed by atoms with Crippen LogP contribution in [0.4, 0.5) is 4.79 Å². The van der Waals surface area contributed by atoms with Gasteiger partial charge in [-0.3, -0.25) is 9.69 Å². The molecule has 0 radical (unpaired) electrons. The Morgan fingerprint density at radius 3 is 2.47 bits per heavy atom. The molecule has 1 amide bonds. The maximum atomic E-state index is 14.8. The number of allylic oxidation sites excluding steroid dienone is 1. The predicted molar refractivity (Wildman–Crippen MR) is 254 cm³/mol. The highest BCUT2D eigenvalue weighted by molar-refractivity contribution is 6.03. The summed E-state index contributed by atoms with van der Waals surface area (Å²) < 4.78 is 44.6. The van der Waals surface area contributed by atoms with E-state index < -0.39 is 30.1 Å². The van der Waals surface area contributed by atoms with Gasteiger partial charge in [0.1, 0.15) is 36.2 Å². The van der Waals surface area contributed by atoms with Crippen molar-refractivity contribution in [3.63, 3.8) is 0 Å². The first-order valence-electron chi connectivity index (χ1n) is 24.3. The van der Waals surface area contributed by atoms with Gasteiger partial charge in [-0.1, -0.05) is 72.6 Å². The number of benzene rings is 3. The van der Waals surface area contributed by atoms with Crippen LogP contribution in [-0.4, -0.2) is 122 Å². The molecule has 4 aliphatic rings. The third kappa shape index (κ3) is 12.7. The van der Waals surface area contributed by atoms with Crippen molar-refractivity contribution in [1.82, 2.24) is 4.90 Å². The Hall–Kier alpha value is -5.13. The number of hydrogen-bond acceptors (Lipinski definition) is 14. The molecule has 0 aromatic heterocycles. The fourth-order valence-electron chi connectivity index (χ4n) is 10.2. The molecule has 3 aromatic rings. The summed E-state index contributed by atoms with van der Waals surface area (Å²) in [5, 5.41) is 34.6. The lowest BCUT2D eigenvalue weighted by atomic mass is 9.55. The lowest BCUT2D eigenvalue weighted by Crippen LogP contribution is -2.70. The van der Waals surface area contributed by atoms with Crippen molar-refractivity contribution >= 4 is 18.1 Å². The van der Waals surface area contributed by atoms with Gasteiger partial charge in [-0.05, 0) is 91.8 Å². The van der Waals surface area contributed by atoms with Gasteiger partial charge in [0.05, 0.1) is 57.9 Å². The van der Waals surface area contributed by atoms with Crippen molar-refractivity contribution in [2.24, 2.45) is 22.9 Å². The fraction of sp³-hybridized carbons (Fsp3) is 0.528. The summed E-state index contributed by atoms with van der Waals surface area (Å²) in [4.78, 5) is 34.3. The van der Waals surface area contributed by atoms with E-state index in [0.717, 1.165) is 61.5 Å². The Morgan fingerprint density at radius 1 is 0.882 bits per heavy atom. The van der Waals surface area contributed by atoms with Crippen molar-refractivity contribution in [2.75, 3.05) is 66.0 Å². The third-order valence-corrected chi connectivity index (χ3v) is 13.2. The van der Waals surface area contributed by atoms with E-state index in [2.05, 4.69) is 12.7 Å². The normalized spacial score (nSPS) is 24.5. The second-order valence-corrected chi connectivity index (χ2v) is 17.6. The van der Waals surface area contributed by atoms with Crippen LogP contribution < -0.4 is 9.47 Å². The minimum absolute atomic E-state index is 0.00455. The van der Waals surface area contributed by atoms with Gasteiger partial charge in [0, 0.05) is 49.6 Å². The molecule has 2 aliphatic heterocycles. The molecule has 15 nitrogen and oxygen atoms in total. The number of hydrogen-bond donors (Lipinski definition) is 3. The van der Waals surface area contributed by atoms with Crippen molar-refractivity contribution in [3.05, 3.63) is 114 Å². The molecule has 3 aromatic carbocycles. The minimum Gasteiger partial charge on any atom is -0.459 e. The molecule has 3 N–H and O–H groups in total. The van der Waals surface area contributed by atoms with Crippen molar-refractivity contribution in [3.8, 4) is 17.2 Å². The number of nitrogens with zero attached hydrogens (tertiary/aromatic N) is 2. The molecule has 1 saturated heterocycles. The number of oxime groups is 1. The zero-order chi connectivity index (χ0) is 47.6. The Balaban J connectivity index is 1.36. The molecule has 0 spiro atoms. The van der Waals surface area contributed by atoms with Crippen LogP contribution in [-0.2, 0) is 35.1 Å². The van der Waals surface area contributed by atoms with Crippen LogP contribution in [0.3, 0.4) is 0 Å². The number of carbonyl (C=O) groups excluding carboxylic acids is 2. The van der Waals surface area contributed by atoms with Gasteiger partial charge < -0.3 is 53.3 Å². The number of carbonyl (C=O) groups is 2. The highest BCUT2D eigenvalue weighted by Gasteiger charge is 2.65. The number of ether oxygens (including phenoxy) is 7. The summed E-state index contributed by atoms with van der Waals surface area (Å²) in [6.45, 7) is 5.26. The molecule has 0 bridgehead atoms. The topological polar surface area (TPSA) is 184 Å². The van der Waals surface area contributed by atoms with Gasteiger partial charge in [0.15, 0.2) is 0 Å². The number of aliphatic hydroxyl groups is 3. The minimum atomic E-state index is -1.55. The summed E-state index contributed by atoms with van der Waals surface area (Å²) in [5.74, 6) is -0.908. The summed E-state index contributed by atoms with van der Waals surface area (Å²) >= 11 is 0. The van der Waals surface area contributed by atoms with Gasteiger partial charge >= 0.3 is 6.09 Å². The lowest BCUT2D eigenvalue weighted by molar-refractivity contribution is -0.256. The maximum Gasteiger partial charge on any atom is 0.410 e. The number of aldehydes is 1.